The molecule has 2 N–H and O–H groups in total. The number of anilines is 3. The van der Waals surface area contributed by atoms with Gasteiger partial charge in [-0.2, -0.15) is 4.98 Å². The van der Waals surface area contributed by atoms with Gasteiger partial charge < -0.3 is 10.6 Å². The van der Waals surface area contributed by atoms with Crippen LogP contribution >= 0.6 is 11.6 Å². The summed E-state index contributed by atoms with van der Waals surface area (Å²) in [7, 11) is 0. The summed E-state index contributed by atoms with van der Waals surface area (Å²) in [5, 5.41) is 0.372. The number of benzene rings is 1. The van der Waals surface area contributed by atoms with Gasteiger partial charge in [0.15, 0.2) is 0 Å². The zero-order valence-electron chi connectivity index (χ0n) is 9.10. The summed E-state index contributed by atoms with van der Waals surface area (Å²) in [5.41, 5.74) is 8.10. The predicted octanol–water partition coefficient (Wildman–Crippen LogP) is 2.41. The molecule has 1 aliphatic rings. The van der Waals surface area contributed by atoms with E-state index in [0.717, 1.165) is 18.8 Å². The molecule has 1 aliphatic heterocycles. The highest BCUT2D eigenvalue weighted by molar-refractivity contribution is 6.29. The second-order valence-electron chi connectivity index (χ2n) is 3.94. The molecule has 0 unspecified atom stereocenters. The summed E-state index contributed by atoms with van der Waals surface area (Å²) >= 11 is 5.90. The number of fused-ring (bicyclic) bond motifs is 1. The normalized spacial score (nSPS) is 13.8. The van der Waals surface area contributed by atoms with Crippen molar-refractivity contribution in [2.24, 2.45) is 0 Å². The molecule has 4 nitrogen and oxygen atoms in total. The zero-order valence-corrected chi connectivity index (χ0v) is 9.85. The van der Waals surface area contributed by atoms with Crippen LogP contribution in [0.5, 0.6) is 0 Å². The van der Waals surface area contributed by atoms with Crippen LogP contribution in [0, 0.1) is 0 Å². The van der Waals surface area contributed by atoms with Gasteiger partial charge in [-0.1, -0.05) is 29.8 Å². The van der Waals surface area contributed by atoms with Crippen molar-refractivity contribution in [2.75, 3.05) is 17.2 Å². The van der Waals surface area contributed by atoms with E-state index >= 15 is 0 Å². The summed E-state index contributed by atoms with van der Waals surface area (Å²) in [5.74, 6) is 0.962. The Kier molecular flexibility index (Phi) is 2.37. The molecule has 0 amide bonds. The Bertz CT molecular complexity index is 550. The summed E-state index contributed by atoms with van der Waals surface area (Å²) < 4.78 is 0. The van der Waals surface area contributed by atoms with E-state index in [0.29, 0.717) is 5.15 Å². The van der Waals surface area contributed by atoms with E-state index in [2.05, 4.69) is 27.0 Å². The van der Waals surface area contributed by atoms with Crippen molar-refractivity contribution >= 4 is 29.1 Å². The van der Waals surface area contributed by atoms with Crippen molar-refractivity contribution in [1.29, 1.82) is 0 Å². The third kappa shape index (κ3) is 1.80. The largest absolute Gasteiger partial charge is 0.368 e. The van der Waals surface area contributed by atoms with E-state index in [-0.39, 0.29) is 5.95 Å². The highest BCUT2D eigenvalue weighted by atomic mass is 35.5. The van der Waals surface area contributed by atoms with Crippen LogP contribution in [0.4, 0.5) is 17.5 Å². The smallest absolute Gasteiger partial charge is 0.223 e. The van der Waals surface area contributed by atoms with E-state index in [4.69, 9.17) is 17.3 Å². The summed E-state index contributed by atoms with van der Waals surface area (Å²) in [4.78, 5) is 10.2. The predicted molar refractivity (Wildman–Crippen MR) is 68.6 cm³/mol. The van der Waals surface area contributed by atoms with Crippen LogP contribution in [0.1, 0.15) is 5.56 Å². The third-order valence-corrected chi connectivity index (χ3v) is 3.06. The second kappa shape index (κ2) is 3.89. The fraction of sp³-hybridized carbons (Fsp3) is 0.167. The van der Waals surface area contributed by atoms with Crippen molar-refractivity contribution in [3.8, 4) is 0 Å². The minimum Gasteiger partial charge on any atom is -0.368 e. The van der Waals surface area contributed by atoms with Crippen molar-refractivity contribution in [3.05, 3.63) is 41.0 Å². The maximum Gasteiger partial charge on any atom is 0.223 e. The Morgan fingerprint density at radius 1 is 1.24 bits per heavy atom. The minimum absolute atomic E-state index is 0.205. The van der Waals surface area contributed by atoms with E-state index in [1.165, 1.54) is 11.3 Å². The standard InChI is InChI=1S/C12H11ClN4/c13-10-7-11(16-12(14)15-10)17-6-5-8-3-1-2-4-9(8)17/h1-4,7H,5-6H2,(H2,14,15,16). The van der Waals surface area contributed by atoms with Gasteiger partial charge in [-0.25, -0.2) is 4.98 Å². The molecule has 0 fully saturated rings. The molecular weight excluding hydrogens is 236 g/mol. The lowest BCUT2D eigenvalue weighted by Gasteiger charge is -2.18. The summed E-state index contributed by atoms with van der Waals surface area (Å²) in [6.07, 6.45) is 1.01. The van der Waals surface area contributed by atoms with Crippen molar-refractivity contribution in [2.45, 2.75) is 6.42 Å². The van der Waals surface area contributed by atoms with Crippen LogP contribution in [0.3, 0.4) is 0 Å². The average molecular weight is 247 g/mol. The molecule has 3 rings (SSSR count). The molecular formula is C12H11ClN4. The van der Waals surface area contributed by atoms with Crippen LogP contribution in [0.25, 0.3) is 0 Å². The molecule has 0 radical (unpaired) electrons. The quantitative estimate of drug-likeness (QED) is 0.785. The Labute approximate surface area is 104 Å². The maximum absolute atomic E-state index is 5.90. The van der Waals surface area contributed by atoms with Gasteiger partial charge >= 0.3 is 0 Å². The molecule has 2 heterocycles. The summed E-state index contributed by atoms with van der Waals surface area (Å²) in [6, 6.07) is 10.0. The van der Waals surface area contributed by atoms with Gasteiger partial charge in [0.05, 0.1) is 0 Å². The first-order valence-corrected chi connectivity index (χ1v) is 5.77. The molecule has 0 saturated carbocycles. The van der Waals surface area contributed by atoms with Crippen molar-refractivity contribution in [1.82, 2.24) is 9.97 Å². The van der Waals surface area contributed by atoms with Crippen molar-refractivity contribution in [3.63, 3.8) is 0 Å². The fourth-order valence-corrected chi connectivity index (χ4v) is 2.32. The number of rotatable bonds is 1. The lowest BCUT2D eigenvalue weighted by molar-refractivity contribution is 0.968. The number of para-hydroxylation sites is 1. The van der Waals surface area contributed by atoms with Crippen molar-refractivity contribution < 1.29 is 0 Å². The van der Waals surface area contributed by atoms with Gasteiger partial charge in [0.2, 0.25) is 5.95 Å². The number of nitrogen functional groups attached to an aromatic ring is 1. The molecule has 0 saturated heterocycles. The zero-order chi connectivity index (χ0) is 11.8. The first-order chi connectivity index (χ1) is 8.24. The van der Waals surface area contributed by atoms with E-state index in [1.54, 1.807) is 6.07 Å². The van der Waals surface area contributed by atoms with Crippen LogP contribution in [-0.2, 0) is 6.42 Å². The van der Waals surface area contributed by atoms with E-state index in [1.807, 2.05) is 12.1 Å². The molecule has 5 heteroatoms. The molecule has 86 valence electrons. The van der Waals surface area contributed by atoms with Crippen LogP contribution in [0.2, 0.25) is 5.15 Å². The number of nitrogens with zero attached hydrogens (tertiary/aromatic N) is 3. The van der Waals surface area contributed by atoms with Gasteiger partial charge in [0, 0.05) is 18.3 Å². The Balaban J connectivity index is 2.06. The van der Waals surface area contributed by atoms with Crippen LogP contribution in [0.15, 0.2) is 30.3 Å². The van der Waals surface area contributed by atoms with Gasteiger partial charge in [0.25, 0.3) is 0 Å². The van der Waals surface area contributed by atoms with Gasteiger partial charge in [0.1, 0.15) is 11.0 Å². The minimum atomic E-state index is 0.205. The number of hydrogen-bond donors (Lipinski definition) is 1. The Morgan fingerprint density at radius 2 is 2.06 bits per heavy atom. The number of aromatic nitrogens is 2. The number of nitrogens with two attached hydrogens (primary N) is 1. The lowest BCUT2D eigenvalue weighted by Crippen LogP contribution is -2.15. The SMILES string of the molecule is Nc1nc(Cl)cc(N2CCc3ccccc32)n1. The molecule has 0 bridgehead atoms. The number of hydrogen-bond acceptors (Lipinski definition) is 4. The first-order valence-electron chi connectivity index (χ1n) is 5.39. The highest BCUT2D eigenvalue weighted by Gasteiger charge is 2.21. The molecule has 1 aromatic carbocycles. The molecule has 0 atom stereocenters. The molecule has 17 heavy (non-hydrogen) atoms. The fourth-order valence-electron chi connectivity index (χ4n) is 2.14. The molecule has 2 aromatic rings. The average Bonchev–Trinajstić information content (AvgIpc) is 2.71. The monoisotopic (exact) mass is 246 g/mol. The lowest BCUT2D eigenvalue weighted by atomic mass is 10.2. The van der Waals surface area contributed by atoms with Crippen LogP contribution in [-0.4, -0.2) is 16.5 Å². The van der Waals surface area contributed by atoms with Gasteiger partial charge in [-0.15, -0.1) is 0 Å². The second-order valence-corrected chi connectivity index (χ2v) is 4.32. The maximum atomic E-state index is 5.90. The van der Waals surface area contributed by atoms with Gasteiger partial charge in [-0.05, 0) is 18.1 Å². The third-order valence-electron chi connectivity index (χ3n) is 2.86. The highest BCUT2D eigenvalue weighted by Crippen LogP contribution is 2.33. The topological polar surface area (TPSA) is 55.0 Å². The van der Waals surface area contributed by atoms with E-state index < -0.39 is 0 Å². The Hall–Kier alpha value is -1.81. The van der Waals surface area contributed by atoms with Gasteiger partial charge in [-0.3, -0.25) is 0 Å². The van der Waals surface area contributed by atoms with Crippen LogP contribution < -0.4 is 10.6 Å². The molecule has 1 aromatic heterocycles. The van der Waals surface area contributed by atoms with E-state index in [9.17, 15) is 0 Å². The summed E-state index contributed by atoms with van der Waals surface area (Å²) in [6.45, 7) is 0.895. The number of halogens is 1. The Morgan fingerprint density at radius 3 is 2.88 bits per heavy atom. The molecule has 0 aliphatic carbocycles. The first kappa shape index (κ1) is 10.4. The molecule has 0 spiro atoms.